The lowest BCUT2D eigenvalue weighted by Gasteiger charge is -2.59. The SMILES string of the molecule is C[C@H](NC(=O)COC(=O)Cn1cnc2ccccc2c1=O)C12CC3CC(CC(C3)C1)C2. The van der Waals surface area contributed by atoms with Gasteiger partial charge in [-0.25, -0.2) is 4.98 Å². The molecular formula is C24H29N3O4. The number of benzene rings is 1. The standard InChI is InChI=1S/C24H29N3O4/c1-15(24-9-16-6-17(10-24)8-18(7-16)11-24)26-21(28)13-31-22(29)12-27-14-25-20-5-3-2-4-19(20)23(27)30/h2-5,14-18H,6-13H2,1H3,(H,26,28)/t15-,16?,17?,18?,24?/m0/s1. The molecule has 1 N–H and O–H groups in total. The Hall–Kier alpha value is -2.70. The van der Waals surface area contributed by atoms with Gasteiger partial charge in [-0.3, -0.25) is 19.0 Å². The van der Waals surface area contributed by atoms with Crippen molar-refractivity contribution >= 4 is 22.8 Å². The molecule has 0 saturated heterocycles. The molecule has 0 radical (unpaired) electrons. The molecule has 4 saturated carbocycles. The molecular weight excluding hydrogens is 394 g/mol. The molecule has 0 aliphatic heterocycles. The molecule has 31 heavy (non-hydrogen) atoms. The van der Waals surface area contributed by atoms with Crippen molar-refractivity contribution in [1.82, 2.24) is 14.9 Å². The highest BCUT2D eigenvalue weighted by molar-refractivity contribution is 5.81. The first-order chi connectivity index (χ1) is 14.9. The van der Waals surface area contributed by atoms with Crippen molar-refractivity contribution in [3.8, 4) is 0 Å². The Bertz CT molecular complexity index is 1040. The van der Waals surface area contributed by atoms with Crippen molar-refractivity contribution < 1.29 is 14.3 Å². The molecule has 6 rings (SSSR count). The van der Waals surface area contributed by atoms with E-state index in [1.54, 1.807) is 24.3 Å². The van der Waals surface area contributed by atoms with Gasteiger partial charge in [0.1, 0.15) is 6.54 Å². The van der Waals surface area contributed by atoms with Crippen LogP contribution >= 0.6 is 0 Å². The average molecular weight is 424 g/mol. The number of fused-ring (bicyclic) bond motifs is 1. The number of ether oxygens (including phenoxy) is 1. The number of rotatable bonds is 6. The number of hydrogen-bond acceptors (Lipinski definition) is 5. The number of esters is 1. The normalized spacial score (nSPS) is 29.6. The van der Waals surface area contributed by atoms with Crippen LogP contribution in [0.15, 0.2) is 35.4 Å². The van der Waals surface area contributed by atoms with Gasteiger partial charge in [0, 0.05) is 6.04 Å². The Morgan fingerprint density at radius 2 is 1.81 bits per heavy atom. The molecule has 1 amide bonds. The fraction of sp³-hybridized carbons (Fsp3) is 0.583. The highest BCUT2D eigenvalue weighted by atomic mass is 16.5. The number of para-hydroxylation sites is 1. The molecule has 4 aliphatic carbocycles. The van der Waals surface area contributed by atoms with Gasteiger partial charge in [0.2, 0.25) is 0 Å². The molecule has 1 aromatic heterocycles. The third-order valence-electron chi connectivity index (χ3n) is 7.78. The summed E-state index contributed by atoms with van der Waals surface area (Å²) >= 11 is 0. The summed E-state index contributed by atoms with van der Waals surface area (Å²) in [5.74, 6) is 1.55. The molecule has 4 bridgehead atoms. The summed E-state index contributed by atoms with van der Waals surface area (Å²) in [7, 11) is 0. The second kappa shape index (κ2) is 7.77. The van der Waals surface area contributed by atoms with Gasteiger partial charge in [-0.05, 0) is 80.8 Å². The van der Waals surface area contributed by atoms with Gasteiger partial charge in [0.05, 0.1) is 17.2 Å². The van der Waals surface area contributed by atoms with E-state index in [9.17, 15) is 14.4 Å². The minimum absolute atomic E-state index is 0.0828. The molecule has 164 valence electrons. The maximum Gasteiger partial charge on any atom is 0.326 e. The largest absolute Gasteiger partial charge is 0.454 e. The van der Waals surface area contributed by atoms with Crippen LogP contribution in [0, 0.1) is 23.2 Å². The van der Waals surface area contributed by atoms with Crippen LogP contribution in [0.2, 0.25) is 0 Å². The van der Waals surface area contributed by atoms with E-state index in [0.29, 0.717) is 10.9 Å². The predicted molar refractivity (Wildman–Crippen MR) is 115 cm³/mol. The van der Waals surface area contributed by atoms with Crippen LogP contribution in [-0.2, 0) is 20.9 Å². The highest BCUT2D eigenvalue weighted by Gasteiger charge is 2.53. The fourth-order valence-electron chi connectivity index (χ4n) is 6.69. The number of nitrogens with zero attached hydrogens (tertiary/aromatic N) is 2. The van der Waals surface area contributed by atoms with Gasteiger partial charge in [-0.1, -0.05) is 12.1 Å². The monoisotopic (exact) mass is 423 g/mol. The van der Waals surface area contributed by atoms with Crippen LogP contribution in [0.5, 0.6) is 0 Å². The summed E-state index contributed by atoms with van der Waals surface area (Å²) in [6.07, 6.45) is 9.04. The lowest BCUT2D eigenvalue weighted by atomic mass is 9.48. The van der Waals surface area contributed by atoms with E-state index in [1.807, 2.05) is 0 Å². The number of amides is 1. The van der Waals surface area contributed by atoms with Crippen molar-refractivity contribution in [3.05, 3.63) is 40.9 Å². The maximum atomic E-state index is 12.5. The zero-order chi connectivity index (χ0) is 21.6. The van der Waals surface area contributed by atoms with E-state index in [2.05, 4.69) is 17.2 Å². The molecule has 7 heteroatoms. The van der Waals surface area contributed by atoms with Crippen LogP contribution in [0.1, 0.15) is 45.4 Å². The Morgan fingerprint density at radius 3 is 2.48 bits per heavy atom. The Labute approximate surface area is 181 Å². The third kappa shape index (κ3) is 3.86. The summed E-state index contributed by atoms with van der Waals surface area (Å²) < 4.78 is 6.37. The van der Waals surface area contributed by atoms with Crippen molar-refractivity contribution in [1.29, 1.82) is 0 Å². The summed E-state index contributed by atoms with van der Waals surface area (Å²) in [6, 6.07) is 7.06. The summed E-state index contributed by atoms with van der Waals surface area (Å²) in [6.45, 7) is 1.51. The van der Waals surface area contributed by atoms with Gasteiger partial charge in [0.15, 0.2) is 6.61 Å². The van der Waals surface area contributed by atoms with Gasteiger partial charge >= 0.3 is 5.97 Å². The van der Waals surface area contributed by atoms with Crippen molar-refractivity contribution in [3.63, 3.8) is 0 Å². The third-order valence-corrected chi connectivity index (χ3v) is 7.78. The van der Waals surface area contributed by atoms with Gasteiger partial charge in [-0.2, -0.15) is 0 Å². The van der Waals surface area contributed by atoms with Crippen LogP contribution in [-0.4, -0.2) is 34.1 Å². The van der Waals surface area contributed by atoms with E-state index in [1.165, 1.54) is 49.4 Å². The fourth-order valence-corrected chi connectivity index (χ4v) is 6.69. The Kier molecular flexibility index (Phi) is 5.07. The quantitative estimate of drug-likeness (QED) is 0.722. The zero-order valence-electron chi connectivity index (χ0n) is 17.9. The van der Waals surface area contributed by atoms with Gasteiger partial charge in [-0.15, -0.1) is 0 Å². The Balaban J connectivity index is 1.15. The first-order valence-corrected chi connectivity index (χ1v) is 11.3. The smallest absolute Gasteiger partial charge is 0.326 e. The highest BCUT2D eigenvalue weighted by Crippen LogP contribution is 2.61. The Morgan fingerprint density at radius 1 is 1.16 bits per heavy atom. The van der Waals surface area contributed by atoms with E-state index >= 15 is 0 Å². The van der Waals surface area contributed by atoms with E-state index in [-0.39, 0.29) is 36.1 Å². The molecule has 0 unspecified atom stereocenters. The van der Waals surface area contributed by atoms with Crippen molar-refractivity contribution in [2.75, 3.05) is 6.61 Å². The maximum absolute atomic E-state index is 12.5. The molecule has 1 atom stereocenters. The minimum Gasteiger partial charge on any atom is -0.454 e. The lowest BCUT2D eigenvalue weighted by Crippen LogP contribution is -2.56. The molecule has 4 fully saturated rings. The summed E-state index contributed by atoms with van der Waals surface area (Å²) in [5, 5.41) is 3.54. The molecule has 2 aromatic rings. The van der Waals surface area contributed by atoms with Crippen LogP contribution in [0.4, 0.5) is 0 Å². The number of carbonyl (C=O) groups excluding carboxylic acids is 2. The number of aromatic nitrogens is 2. The zero-order valence-corrected chi connectivity index (χ0v) is 17.9. The molecule has 0 spiro atoms. The van der Waals surface area contributed by atoms with Gasteiger partial charge in [0.25, 0.3) is 11.5 Å². The van der Waals surface area contributed by atoms with Crippen LogP contribution in [0.3, 0.4) is 0 Å². The molecule has 1 aromatic carbocycles. The summed E-state index contributed by atoms with van der Waals surface area (Å²) in [4.78, 5) is 41.4. The average Bonchev–Trinajstić information content (AvgIpc) is 2.73. The van der Waals surface area contributed by atoms with Gasteiger partial charge < -0.3 is 10.1 Å². The lowest BCUT2D eigenvalue weighted by molar-refractivity contribution is -0.150. The number of hydrogen-bond donors (Lipinski definition) is 1. The van der Waals surface area contributed by atoms with E-state index < -0.39 is 5.97 Å². The van der Waals surface area contributed by atoms with Crippen LogP contribution in [0.25, 0.3) is 10.9 Å². The molecule has 1 heterocycles. The van der Waals surface area contributed by atoms with Crippen molar-refractivity contribution in [2.24, 2.45) is 23.2 Å². The summed E-state index contributed by atoms with van der Waals surface area (Å²) in [5.41, 5.74) is 0.482. The molecule has 7 nitrogen and oxygen atoms in total. The topological polar surface area (TPSA) is 90.3 Å². The first-order valence-electron chi connectivity index (χ1n) is 11.3. The van der Waals surface area contributed by atoms with E-state index in [4.69, 9.17) is 4.74 Å². The second-order valence-corrected chi connectivity index (χ2v) is 9.92. The molecule has 4 aliphatic rings. The number of nitrogens with one attached hydrogen (secondary N) is 1. The van der Waals surface area contributed by atoms with E-state index in [0.717, 1.165) is 17.8 Å². The second-order valence-electron chi connectivity index (χ2n) is 9.92. The first kappa shape index (κ1) is 20.2. The minimum atomic E-state index is -0.628. The van der Waals surface area contributed by atoms with Crippen molar-refractivity contribution in [2.45, 2.75) is 58.0 Å². The predicted octanol–water partition coefficient (Wildman–Crippen LogP) is 2.66. The van der Waals surface area contributed by atoms with Crippen LogP contribution < -0.4 is 10.9 Å². The number of carbonyl (C=O) groups is 2.